The Kier molecular flexibility index (Phi) is 19.6. The van der Waals surface area contributed by atoms with E-state index in [4.69, 9.17) is 9.79 Å². The minimum absolute atomic E-state index is 0.0811. The number of phosphoric acid groups is 1. The van der Waals surface area contributed by atoms with E-state index in [2.05, 4.69) is 16.5 Å². The fourth-order valence-electron chi connectivity index (χ4n) is 4.11. The maximum Gasteiger partial charge on any atom is 0.508 e. The molecule has 0 spiro atoms. The van der Waals surface area contributed by atoms with Crippen LogP contribution in [0.5, 0.6) is 5.75 Å². The van der Waals surface area contributed by atoms with Crippen LogP contribution in [0.25, 0.3) is 0 Å². The number of nitrogens with zero attached hydrogens (tertiary/aromatic N) is 1. The molecule has 6 nitrogen and oxygen atoms in total. The molecule has 1 N–H and O–H groups in total. The van der Waals surface area contributed by atoms with Gasteiger partial charge in [-0.1, -0.05) is 127 Å². The molecule has 1 unspecified atom stereocenters. The van der Waals surface area contributed by atoms with E-state index in [0.29, 0.717) is 6.42 Å². The molecule has 1 aromatic carbocycles. The van der Waals surface area contributed by atoms with Crippen molar-refractivity contribution in [2.75, 3.05) is 6.61 Å². The molecule has 206 valence electrons. The van der Waals surface area contributed by atoms with Crippen LogP contribution in [0, 0.1) is 17.1 Å². The predicted molar refractivity (Wildman–Crippen MR) is 142 cm³/mol. The molecular weight excluding hydrogens is 480 g/mol. The Morgan fingerprint density at radius 1 is 0.806 bits per heavy atom. The monoisotopic (exact) mass is 527 g/mol. The first kappa shape index (κ1) is 32.6. The number of hydrogen-bond donors (Lipinski definition) is 1. The van der Waals surface area contributed by atoms with Crippen molar-refractivity contribution in [3.05, 3.63) is 29.6 Å². The van der Waals surface area contributed by atoms with Gasteiger partial charge in [0.15, 0.2) is 5.75 Å². The third kappa shape index (κ3) is 17.9. The van der Waals surface area contributed by atoms with E-state index < -0.39 is 13.6 Å². The summed E-state index contributed by atoms with van der Waals surface area (Å²) in [6, 6.07) is 5.03. The smallest absolute Gasteiger partial charge is 0.327 e. The van der Waals surface area contributed by atoms with Crippen LogP contribution in [-0.2, 0) is 13.8 Å². The number of rotatable bonds is 24. The van der Waals surface area contributed by atoms with Crippen molar-refractivity contribution in [2.45, 2.75) is 129 Å². The largest absolute Gasteiger partial charge is 0.508 e. The number of hydrogen-bond acceptors (Lipinski definition) is 5. The Morgan fingerprint density at radius 2 is 1.25 bits per heavy atom. The average molecular weight is 528 g/mol. The molecule has 0 aliphatic rings. The fourth-order valence-corrected chi connectivity index (χ4v) is 4.69. The van der Waals surface area contributed by atoms with E-state index in [-0.39, 0.29) is 17.9 Å². The summed E-state index contributed by atoms with van der Waals surface area (Å²) in [5.74, 6) is -0.936. The number of benzene rings is 1. The summed E-state index contributed by atoms with van der Waals surface area (Å²) in [5, 5.41) is 8.69. The molecule has 0 aliphatic carbocycles. The number of unbranched alkanes of at least 4 members (excludes halogenated alkanes) is 18. The van der Waals surface area contributed by atoms with Crippen LogP contribution in [0.2, 0.25) is 0 Å². The van der Waals surface area contributed by atoms with Gasteiger partial charge in [0.1, 0.15) is 11.9 Å². The topological polar surface area (TPSA) is 88.8 Å². The molecule has 0 aliphatic heterocycles. The third-order valence-corrected chi connectivity index (χ3v) is 7.06. The lowest BCUT2D eigenvalue weighted by Gasteiger charge is -2.11. The summed E-state index contributed by atoms with van der Waals surface area (Å²) >= 11 is 0. The molecule has 0 fully saturated rings. The van der Waals surface area contributed by atoms with Crippen LogP contribution in [0.15, 0.2) is 18.2 Å². The highest BCUT2D eigenvalue weighted by Crippen LogP contribution is 2.43. The van der Waals surface area contributed by atoms with Gasteiger partial charge in [0.2, 0.25) is 0 Å². The van der Waals surface area contributed by atoms with Crippen LogP contribution in [-0.4, -0.2) is 11.5 Å². The minimum atomic E-state index is -4.40. The van der Waals surface area contributed by atoms with Crippen molar-refractivity contribution in [3.63, 3.8) is 0 Å². The first-order valence-corrected chi connectivity index (χ1v) is 15.5. The quantitative estimate of drug-likeness (QED) is 0.0623. The van der Waals surface area contributed by atoms with Crippen molar-refractivity contribution in [2.24, 2.45) is 0 Å². The second-order valence-electron chi connectivity index (χ2n) is 9.58. The zero-order chi connectivity index (χ0) is 26.3. The molecule has 0 saturated heterocycles. The Hall–Kier alpha value is -1.45. The molecule has 1 aromatic rings. The van der Waals surface area contributed by atoms with E-state index >= 15 is 0 Å². The Bertz CT molecular complexity index is 771. The Morgan fingerprint density at radius 3 is 1.67 bits per heavy atom. The second kappa shape index (κ2) is 21.6. The van der Waals surface area contributed by atoms with Crippen molar-refractivity contribution in [1.29, 1.82) is 5.26 Å². The highest BCUT2D eigenvalue weighted by Gasteiger charge is 2.23. The SMILES string of the molecule is CCCCCCCCCCCCCCCCCCCCCOP(=O)(O)OOc1ccc(C#N)c(F)c1. The van der Waals surface area contributed by atoms with Crippen molar-refractivity contribution >= 4 is 7.82 Å². The predicted octanol–water partition coefficient (Wildman–Crippen LogP) is 9.56. The molecule has 0 amide bonds. The highest BCUT2D eigenvalue weighted by molar-refractivity contribution is 7.47. The number of nitriles is 1. The van der Waals surface area contributed by atoms with Crippen molar-refractivity contribution in [3.8, 4) is 11.8 Å². The Labute approximate surface area is 218 Å². The van der Waals surface area contributed by atoms with Gasteiger partial charge < -0.3 is 9.78 Å². The second-order valence-corrected chi connectivity index (χ2v) is 10.9. The van der Waals surface area contributed by atoms with Gasteiger partial charge in [-0.25, -0.2) is 8.96 Å². The van der Waals surface area contributed by atoms with Crippen LogP contribution in [0.3, 0.4) is 0 Å². The molecule has 1 atom stereocenters. The van der Waals surface area contributed by atoms with Gasteiger partial charge in [-0.05, 0) is 18.6 Å². The molecule has 0 saturated carbocycles. The van der Waals surface area contributed by atoms with Crippen LogP contribution in [0.1, 0.15) is 134 Å². The first-order valence-electron chi connectivity index (χ1n) is 14.0. The molecule has 0 aromatic heterocycles. The summed E-state index contributed by atoms with van der Waals surface area (Å²) < 4.78 is 34.6. The van der Waals surface area contributed by atoms with Crippen molar-refractivity contribution < 1.29 is 27.9 Å². The lowest BCUT2D eigenvalue weighted by Crippen LogP contribution is -2.01. The van der Waals surface area contributed by atoms with Gasteiger partial charge in [-0.2, -0.15) is 5.26 Å². The summed E-state index contributed by atoms with van der Waals surface area (Å²) in [4.78, 5) is 14.3. The van der Waals surface area contributed by atoms with E-state index in [1.165, 1.54) is 115 Å². The normalized spacial score (nSPS) is 12.8. The van der Waals surface area contributed by atoms with Gasteiger partial charge in [-0.3, -0.25) is 4.52 Å². The van der Waals surface area contributed by atoms with Gasteiger partial charge in [-0.15, -0.1) is 0 Å². The standard InChI is InChI=1S/C28H47FNO5P/c1-2-3-4-5-6-7-8-9-10-11-12-13-14-15-16-17-18-19-20-23-33-36(31,32)35-34-27-22-21-26(25-30)28(29)24-27/h21-22,24H,2-20,23H2,1H3,(H,31,32). The highest BCUT2D eigenvalue weighted by atomic mass is 31.2. The first-order chi connectivity index (χ1) is 17.5. The van der Waals surface area contributed by atoms with E-state index in [9.17, 15) is 13.8 Å². The van der Waals surface area contributed by atoms with E-state index in [1.54, 1.807) is 6.07 Å². The summed E-state index contributed by atoms with van der Waals surface area (Å²) in [6.07, 6.45) is 24.3. The minimum Gasteiger partial charge on any atom is -0.327 e. The van der Waals surface area contributed by atoms with Gasteiger partial charge in [0.05, 0.1) is 12.2 Å². The maximum atomic E-state index is 13.5. The van der Waals surface area contributed by atoms with Crippen LogP contribution >= 0.6 is 7.82 Å². The summed E-state index contributed by atoms with van der Waals surface area (Å²) in [7, 11) is -4.40. The Balaban J connectivity index is 1.86. The van der Waals surface area contributed by atoms with Crippen LogP contribution in [0.4, 0.5) is 4.39 Å². The van der Waals surface area contributed by atoms with E-state index in [0.717, 1.165) is 18.9 Å². The van der Waals surface area contributed by atoms with Crippen LogP contribution < -0.4 is 4.89 Å². The average Bonchev–Trinajstić information content (AvgIpc) is 2.86. The number of phosphoric ester groups is 1. The molecular formula is C28H47FNO5P. The lowest BCUT2D eigenvalue weighted by molar-refractivity contribution is -0.127. The molecule has 0 radical (unpaired) electrons. The molecule has 0 heterocycles. The summed E-state index contributed by atoms with van der Waals surface area (Å²) in [6.45, 7) is 2.35. The van der Waals surface area contributed by atoms with Gasteiger partial charge >= 0.3 is 7.82 Å². The molecule has 8 heteroatoms. The maximum absolute atomic E-state index is 13.5. The molecule has 1 rings (SSSR count). The summed E-state index contributed by atoms with van der Waals surface area (Å²) in [5.41, 5.74) is -0.157. The third-order valence-electron chi connectivity index (χ3n) is 6.29. The number of halogens is 1. The zero-order valence-corrected chi connectivity index (χ0v) is 23.1. The lowest BCUT2D eigenvalue weighted by atomic mass is 10.0. The van der Waals surface area contributed by atoms with Gasteiger partial charge in [0.25, 0.3) is 0 Å². The van der Waals surface area contributed by atoms with Gasteiger partial charge in [0, 0.05) is 6.07 Å². The van der Waals surface area contributed by atoms with E-state index in [1.807, 2.05) is 0 Å². The van der Waals surface area contributed by atoms with Crippen molar-refractivity contribution in [1.82, 2.24) is 0 Å². The fraction of sp³-hybridized carbons (Fsp3) is 0.750. The zero-order valence-electron chi connectivity index (χ0n) is 22.2. The molecule has 36 heavy (non-hydrogen) atoms. The molecule has 0 bridgehead atoms.